The van der Waals surface area contributed by atoms with Crippen LogP contribution in [0.1, 0.15) is 137 Å². The highest BCUT2D eigenvalue weighted by molar-refractivity contribution is 6.05. The highest BCUT2D eigenvalue weighted by Gasteiger charge is 2.57. The molecular weight excluding hydrogens is 602 g/mol. The van der Waals surface area contributed by atoms with Gasteiger partial charge in [-0.3, -0.25) is 14.9 Å². The number of rotatable bonds is 7. The fourth-order valence-corrected chi connectivity index (χ4v) is 11.1. The second-order valence-electron chi connectivity index (χ2n) is 17.3. The first-order valence-electron chi connectivity index (χ1n) is 18.9. The average Bonchev–Trinajstić information content (AvgIpc) is 3.48. The van der Waals surface area contributed by atoms with Gasteiger partial charge in [-0.05, 0) is 172 Å². The van der Waals surface area contributed by atoms with E-state index in [1.807, 2.05) is 0 Å². The zero-order valence-corrected chi connectivity index (χ0v) is 30.4. The normalized spacial score (nSPS) is 37.2. The SMILES string of the molecule is C=C(C)C(=O)NC(=O)C12CC3CC(CC(C3)C1)C2.C=C(C)C(=O)OC1(C)C2CC3CC(C2)CC1C3.C=C(C)C(=O)OC1(CC)CCCC1. The lowest BCUT2D eigenvalue weighted by atomic mass is 9.49. The van der Waals surface area contributed by atoms with Gasteiger partial charge in [0.15, 0.2) is 0 Å². The van der Waals surface area contributed by atoms with E-state index in [0.29, 0.717) is 28.6 Å². The Balaban J connectivity index is 0.000000143. The topological polar surface area (TPSA) is 98.8 Å². The molecule has 8 bridgehead atoms. The summed E-state index contributed by atoms with van der Waals surface area (Å²) < 4.78 is 11.3. The van der Waals surface area contributed by atoms with Crippen molar-refractivity contribution in [2.75, 3.05) is 0 Å². The lowest BCUT2D eigenvalue weighted by molar-refractivity contribution is -0.199. The van der Waals surface area contributed by atoms with Crippen molar-refractivity contribution in [1.82, 2.24) is 5.32 Å². The molecule has 1 N–H and O–H groups in total. The maximum Gasteiger partial charge on any atom is 0.333 e. The van der Waals surface area contributed by atoms with Crippen molar-refractivity contribution in [2.45, 2.75) is 149 Å². The molecule has 0 heterocycles. The molecule has 9 saturated carbocycles. The standard InChI is InChI=1S/C15H21NO2.C15H22O2.C11H18O2/c1-9(2)13(17)16-14(18)15-6-10-3-11(7-15)5-12(4-10)8-15;1-9(2)14(16)17-15(3)12-5-10-4-11(7-12)8-13(15)6-10;1-4-11(7-5-6-8-11)13-10(12)9(2)3/h10-12H,1,3-8H2,2H3,(H,16,17,18);10-13H,1,4-8H2,2-3H3;2,4-8H2,1,3H3. The number of nitrogens with one attached hydrogen (secondary N) is 1. The second-order valence-corrected chi connectivity index (χ2v) is 17.3. The third-order valence-corrected chi connectivity index (χ3v) is 13.4. The Hall–Kier alpha value is -2.70. The van der Waals surface area contributed by atoms with Gasteiger partial charge in [0.2, 0.25) is 5.91 Å². The molecule has 0 aromatic rings. The summed E-state index contributed by atoms with van der Waals surface area (Å²) in [6.07, 6.45) is 18.7. The van der Waals surface area contributed by atoms with Crippen molar-refractivity contribution >= 4 is 23.8 Å². The molecule has 9 aliphatic rings. The van der Waals surface area contributed by atoms with E-state index in [9.17, 15) is 19.2 Å². The van der Waals surface area contributed by atoms with Crippen LogP contribution < -0.4 is 5.32 Å². The molecule has 7 nitrogen and oxygen atoms in total. The molecule has 0 unspecified atom stereocenters. The van der Waals surface area contributed by atoms with Crippen molar-refractivity contribution in [3.05, 3.63) is 36.5 Å². The van der Waals surface area contributed by atoms with Crippen LogP contribution in [0.5, 0.6) is 0 Å². The molecule has 0 aromatic heterocycles. The van der Waals surface area contributed by atoms with Crippen LogP contribution in [0.3, 0.4) is 0 Å². The van der Waals surface area contributed by atoms with Gasteiger partial charge in [0, 0.05) is 16.7 Å². The first-order chi connectivity index (χ1) is 22.6. The highest BCUT2D eigenvalue weighted by atomic mass is 16.6. The molecule has 0 aliphatic heterocycles. The molecule has 2 amide bonds. The summed E-state index contributed by atoms with van der Waals surface area (Å²) in [4.78, 5) is 47.2. The van der Waals surface area contributed by atoms with Gasteiger partial charge < -0.3 is 9.47 Å². The number of imide groups is 1. The van der Waals surface area contributed by atoms with Crippen LogP contribution >= 0.6 is 0 Å². The van der Waals surface area contributed by atoms with Crippen LogP contribution in [0.15, 0.2) is 36.5 Å². The number of carbonyl (C=O) groups excluding carboxylic acids is 4. The number of esters is 2. The van der Waals surface area contributed by atoms with Gasteiger partial charge in [-0.1, -0.05) is 26.7 Å². The van der Waals surface area contributed by atoms with Crippen LogP contribution in [0.2, 0.25) is 0 Å². The molecule has 0 spiro atoms. The summed E-state index contributed by atoms with van der Waals surface area (Å²) in [5, 5.41) is 2.56. The van der Waals surface area contributed by atoms with Crippen molar-refractivity contribution in [2.24, 2.45) is 46.8 Å². The van der Waals surface area contributed by atoms with E-state index >= 15 is 0 Å². The summed E-state index contributed by atoms with van der Waals surface area (Å²) >= 11 is 0. The molecule has 7 heteroatoms. The molecule has 0 radical (unpaired) electrons. The second kappa shape index (κ2) is 14.3. The largest absolute Gasteiger partial charge is 0.456 e. The number of hydrogen-bond donors (Lipinski definition) is 1. The third kappa shape index (κ3) is 7.70. The van der Waals surface area contributed by atoms with E-state index < -0.39 is 0 Å². The molecule has 9 fully saturated rings. The minimum atomic E-state index is -0.309. The van der Waals surface area contributed by atoms with Gasteiger partial charge in [-0.15, -0.1) is 0 Å². The van der Waals surface area contributed by atoms with Crippen molar-refractivity contribution in [3.63, 3.8) is 0 Å². The maximum atomic E-state index is 12.4. The molecule has 0 aromatic carbocycles. The zero-order valence-electron chi connectivity index (χ0n) is 30.4. The van der Waals surface area contributed by atoms with Gasteiger partial charge in [0.1, 0.15) is 11.2 Å². The van der Waals surface area contributed by atoms with Crippen molar-refractivity contribution in [3.8, 4) is 0 Å². The van der Waals surface area contributed by atoms with Gasteiger partial charge in [0.05, 0.1) is 5.41 Å². The first-order valence-corrected chi connectivity index (χ1v) is 18.9. The van der Waals surface area contributed by atoms with Crippen molar-refractivity contribution < 1.29 is 28.7 Å². The maximum absolute atomic E-state index is 12.4. The summed E-state index contributed by atoms with van der Waals surface area (Å²) in [5.74, 6) is 4.42. The predicted octanol–water partition coefficient (Wildman–Crippen LogP) is 8.57. The molecule has 0 atom stereocenters. The average molecular weight is 664 g/mol. The lowest BCUT2D eigenvalue weighted by Gasteiger charge is -2.59. The number of hydrogen-bond acceptors (Lipinski definition) is 6. The molecule has 266 valence electrons. The summed E-state index contributed by atoms with van der Waals surface area (Å²) in [6.45, 7) is 20.2. The molecule has 0 saturated heterocycles. The van der Waals surface area contributed by atoms with Crippen LogP contribution in [-0.4, -0.2) is 35.0 Å². The minimum Gasteiger partial charge on any atom is -0.456 e. The van der Waals surface area contributed by atoms with Crippen LogP contribution in [0, 0.1) is 46.8 Å². The Morgan fingerprint density at radius 3 is 1.46 bits per heavy atom. The van der Waals surface area contributed by atoms with Crippen LogP contribution in [-0.2, 0) is 28.7 Å². The first kappa shape index (κ1) is 36.6. The molecule has 9 aliphatic carbocycles. The van der Waals surface area contributed by atoms with Gasteiger partial charge in [-0.2, -0.15) is 0 Å². The summed E-state index contributed by atoms with van der Waals surface area (Å²) in [5.41, 5.74) is 0.826. The number of ether oxygens (including phenoxy) is 2. The smallest absolute Gasteiger partial charge is 0.333 e. The third-order valence-electron chi connectivity index (χ3n) is 13.4. The molecule has 48 heavy (non-hydrogen) atoms. The highest BCUT2D eigenvalue weighted by Crippen LogP contribution is 2.61. The summed E-state index contributed by atoms with van der Waals surface area (Å²) in [7, 11) is 0. The number of amides is 2. The Morgan fingerprint density at radius 2 is 1.06 bits per heavy atom. The van der Waals surface area contributed by atoms with E-state index in [-0.39, 0.29) is 40.4 Å². The van der Waals surface area contributed by atoms with Gasteiger partial charge >= 0.3 is 11.9 Å². The van der Waals surface area contributed by atoms with E-state index in [1.54, 1.807) is 20.8 Å². The zero-order chi connectivity index (χ0) is 35.0. The lowest BCUT2D eigenvalue weighted by Crippen LogP contribution is -2.58. The Morgan fingerprint density at radius 1 is 0.646 bits per heavy atom. The van der Waals surface area contributed by atoms with Crippen LogP contribution in [0.4, 0.5) is 0 Å². The fraction of sp³-hybridized carbons (Fsp3) is 0.756. The Labute approximate surface area is 289 Å². The quantitative estimate of drug-likeness (QED) is 0.216. The number of carbonyl (C=O) groups is 4. The summed E-state index contributed by atoms with van der Waals surface area (Å²) in [6, 6.07) is 0. The van der Waals surface area contributed by atoms with E-state index in [4.69, 9.17) is 9.47 Å². The fourth-order valence-electron chi connectivity index (χ4n) is 11.1. The minimum absolute atomic E-state index is 0.0328. The van der Waals surface area contributed by atoms with Gasteiger partial charge in [0.25, 0.3) is 5.91 Å². The van der Waals surface area contributed by atoms with Gasteiger partial charge in [-0.25, -0.2) is 9.59 Å². The predicted molar refractivity (Wildman–Crippen MR) is 187 cm³/mol. The van der Waals surface area contributed by atoms with E-state index in [2.05, 4.69) is 38.9 Å². The Bertz CT molecular complexity index is 1250. The monoisotopic (exact) mass is 663 g/mol. The molecular formula is C41H61NO6. The van der Waals surface area contributed by atoms with Crippen LogP contribution in [0.25, 0.3) is 0 Å². The van der Waals surface area contributed by atoms with Crippen molar-refractivity contribution in [1.29, 1.82) is 0 Å². The van der Waals surface area contributed by atoms with E-state index in [1.165, 1.54) is 64.2 Å². The molecule has 9 rings (SSSR count). The Kier molecular flexibility index (Phi) is 10.9. The van der Waals surface area contributed by atoms with E-state index in [0.717, 1.165) is 68.1 Å².